The minimum absolute atomic E-state index is 0.109. The molecule has 2 rings (SSSR count). The van der Waals surface area contributed by atoms with Gasteiger partial charge in [0.25, 0.3) is 5.91 Å². The number of rotatable bonds is 6. The zero-order chi connectivity index (χ0) is 21.6. The fourth-order valence-corrected chi connectivity index (χ4v) is 2.96. The summed E-state index contributed by atoms with van der Waals surface area (Å²) in [6, 6.07) is 12.2. The Labute approximate surface area is 189 Å². The zero-order valence-corrected chi connectivity index (χ0v) is 19.0. The third-order valence-corrected chi connectivity index (χ3v) is 4.69. The molecule has 0 aliphatic rings. The second-order valence-corrected chi connectivity index (χ2v) is 8.76. The van der Waals surface area contributed by atoms with E-state index in [2.05, 4.69) is 16.0 Å². The highest BCUT2D eigenvalue weighted by atomic mass is 35.6. The number of hydrogen-bond donors (Lipinski definition) is 3. The van der Waals surface area contributed by atoms with Gasteiger partial charge in [-0.3, -0.25) is 4.79 Å². The van der Waals surface area contributed by atoms with E-state index in [9.17, 15) is 4.79 Å². The van der Waals surface area contributed by atoms with E-state index in [-0.39, 0.29) is 5.11 Å². The minimum atomic E-state index is -1.87. The average molecular weight is 477 g/mol. The highest BCUT2D eigenvalue weighted by Gasteiger charge is 2.35. The van der Waals surface area contributed by atoms with Crippen LogP contribution in [-0.4, -0.2) is 35.2 Å². The lowest BCUT2D eigenvalue weighted by Gasteiger charge is -2.28. The number of thiocarbonyl (C=S) groups is 1. The van der Waals surface area contributed by atoms with E-state index in [1.54, 1.807) is 43.5 Å². The topological polar surface area (TPSA) is 71.6 Å². The number of anilines is 1. The largest absolute Gasteiger partial charge is 0.497 e. The first-order valence-electron chi connectivity index (χ1n) is 8.38. The molecule has 3 N–H and O–H groups in total. The predicted molar refractivity (Wildman–Crippen MR) is 122 cm³/mol. The third-order valence-electron chi connectivity index (χ3n) is 3.81. The lowest BCUT2D eigenvalue weighted by Crippen LogP contribution is -2.56. The van der Waals surface area contributed by atoms with Crippen LogP contribution in [0.15, 0.2) is 42.5 Å². The molecule has 1 unspecified atom stereocenters. The highest BCUT2D eigenvalue weighted by Crippen LogP contribution is 2.31. The molecule has 2 aromatic rings. The number of benzene rings is 2. The van der Waals surface area contributed by atoms with Crippen molar-refractivity contribution in [2.45, 2.75) is 16.9 Å². The van der Waals surface area contributed by atoms with E-state index in [1.807, 2.05) is 13.0 Å². The van der Waals surface area contributed by atoms with Crippen LogP contribution in [-0.2, 0) is 0 Å². The van der Waals surface area contributed by atoms with Crippen molar-refractivity contribution >= 4 is 63.7 Å². The van der Waals surface area contributed by atoms with Crippen LogP contribution in [0.2, 0.25) is 0 Å². The van der Waals surface area contributed by atoms with Gasteiger partial charge < -0.3 is 25.4 Å². The number of ether oxygens (including phenoxy) is 2. The monoisotopic (exact) mass is 475 g/mol. The molecular formula is C19H20Cl3N3O3S. The Bertz CT molecular complexity index is 890. The highest BCUT2D eigenvalue weighted by molar-refractivity contribution is 7.80. The van der Waals surface area contributed by atoms with Gasteiger partial charge in [-0.1, -0.05) is 52.5 Å². The number of carbonyl (C=O) groups is 1. The Morgan fingerprint density at radius 1 is 1.07 bits per heavy atom. The molecule has 0 aliphatic carbocycles. The van der Waals surface area contributed by atoms with Crippen LogP contribution >= 0.6 is 47.0 Å². The van der Waals surface area contributed by atoms with Crippen molar-refractivity contribution < 1.29 is 14.3 Å². The molecule has 10 heteroatoms. The first-order valence-corrected chi connectivity index (χ1v) is 9.92. The summed E-state index contributed by atoms with van der Waals surface area (Å²) in [7, 11) is 3.07. The average Bonchev–Trinajstić information content (AvgIpc) is 2.66. The molecule has 0 bridgehead atoms. The van der Waals surface area contributed by atoms with E-state index in [1.165, 1.54) is 7.11 Å². The normalized spacial score (nSPS) is 11.9. The van der Waals surface area contributed by atoms with Gasteiger partial charge in [0.15, 0.2) is 5.11 Å². The van der Waals surface area contributed by atoms with E-state index in [0.717, 1.165) is 5.56 Å². The van der Waals surface area contributed by atoms with Crippen LogP contribution < -0.4 is 25.4 Å². The van der Waals surface area contributed by atoms with Crippen molar-refractivity contribution in [2.24, 2.45) is 0 Å². The van der Waals surface area contributed by atoms with Crippen molar-refractivity contribution in [3.8, 4) is 11.5 Å². The minimum Gasteiger partial charge on any atom is -0.497 e. The van der Waals surface area contributed by atoms with Gasteiger partial charge in [0, 0.05) is 11.6 Å². The molecule has 0 saturated heterocycles. The van der Waals surface area contributed by atoms with Crippen LogP contribution in [0, 0.1) is 6.92 Å². The van der Waals surface area contributed by atoms with E-state index in [4.69, 9.17) is 56.5 Å². The summed E-state index contributed by atoms with van der Waals surface area (Å²) in [5.74, 6) is 0.713. The van der Waals surface area contributed by atoms with Gasteiger partial charge in [-0.05, 0) is 43.4 Å². The third kappa shape index (κ3) is 6.82. The van der Waals surface area contributed by atoms with Crippen molar-refractivity contribution in [3.05, 3.63) is 53.6 Å². The number of aryl methyl sites for hydroxylation is 1. The summed E-state index contributed by atoms with van der Waals surface area (Å²) >= 11 is 23.4. The molecule has 2 aromatic carbocycles. The summed E-state index contributed by atoms with van der Waals surface area (Å²) in [5.41, 5.74) is 1.90. The maximum atomic E-state index is 12.6. The number of methoxy groups -OCH3 is 2. The fraction of sp³-hybridized carbons (Fsp3) is 0.263. The van der Waals surface area contributed by atoms with Crippen LogP contribution in [0.25, 0.3) is 0 Å². The molecule has 0 fully saturated rings. The number of amides is 1. The lowest BCUT2D eigenvalue weighted by molar-refractivity contribution is 0.0934. The molecule has 29 heavy (non-hydrogen) atoms. The quantitative estimate of drug-likeness (QED) is 0.326. The van der Waals surface area contributed by atoms with Crippen LogP contribution in [0.1, 0.15) is 15.9 Å². The zero-order valence-electron chi connectivity index (χ0n) is 15.9. The standard InChI is InChI=1S/C19H20Cl3N3O3S/c1-11-5-4-6-12(9-11)16(26)24-17(19(20,21)22)25-18(29)23-14-10-13(27-2)7-8-15(14)28-3/h4-10,17H,1-3H3,(H,24,26)(H2,23,25,29). The molecule has 1 atom stereocenters. The molecule has 6 nitrogen and oxygen atoms in total. The summed E-state index contributed by atoms with van der Waals surface area (Å²) in [5, 5.41) is 8.50. The Kier molecular flexibility index (Phi) is 8.22. The summed E-state index contributed by atoms with van der Waals surface area (Å²) in [4.78, 5) is 12.6. The molecule has 0 saturated carbocycles. The van der Waals surface area contributed by atoms with Crippen LogP contribution in [0.5, 0.6) is 11.5 Å². The maximum absolute atomic E-state index is 12.6. The molecule has 0 aromatic heterocycles. The molecule has 1 amide bonds. The van der Waals surface area contributed by atoms with Crippen molar-refractivity contribution in [3.63, 3.8) is 0 Å². The Balaban J connectivity index is 2.14. The second kappa shape index (κ2) is 10.2. The van der Waals surface area contributed by atoms with Gasteiger partial charge in [0.1, 0.15) is 17.7 Å². The number of carbonyl (C=O) groups excluding carboxylic acids is 1. The second-order valence-electron chi connectivity index (χ2n) is 5.98. The number of nitrogens with one attached hydrogen (secondary N) is 3. The SMILES string of the molecule is COc1ccc(OC)c(NC(=S)NC(NC(=O)c2cccc(C)c2)C(Cl)(Cl)Cl)c1. The molecule has 0 aliphatic heterocycles. The molecular weight excluding hydrogens is 457 g/mol. The van der Waals surface area contributed by atoms with Gasteiger partial charge in [-0.2, -0.15) is 0 Å². The number of alkyl halides is 3. The lowest BCUT2D eigenvalue weighted by atomic mass is 10.1. The smallest absolute Gasteiger partial charge is 0.252 e. The van der Waals surface area contributed by atoms with Crippen LogP contribution in [0.3, 0.4) is 0 Å². The summed E-state index contributed by atoms with van der Waals surface area (Å²) in [6.07, 6.45) is -1.10. The van der Waals surface area contributed by atoms with Gasteiger partial charge in [0.2, 0.25) is 3.79 Å². The molecule has 0 radical (unpaired) electrons. The summed E-state index contributed by atoms with van der Waals surface area (Å²) in [6.45, 7) is 1.88. The van der Waals surface area contributed by atoms with Gasteiger partial charge in [0.05, 0.1) is 19.9 Å². The van der Waals surface area contributed by atoms with E-state index < -0.39 is 15.9 Å². The Morgan fingerprint density at radius 3 is 2.38 bits per heavy atom. The van der Waals surface area contributed by atoms with Crippen LogP contribution in [0.4, 0.5) is 5.69 Å². The number of halogens is 3. The van der Waals surface area contributed by atoms with Crippen molar-refractivity contribution in [2.75, 3.05) is 19.5 Å². The van der Waals surface area contributed by atoms with E-state index >= 15 is 0 Å². The first-order chi connectivity index (χ1) is 13.6. The fourth-order valence-electron chi connectivity index (χ4n) is 2.40. The van der Waals surface area contributed by atoms with Gasteiger partial charge in [-0.25, -0.2) is 0 Å². The summed E-state index contributed by atoms with van der Waals surface area (Å²) < 4.78 is 8.63. The first kappa shape index (κ1) is 23.3. The van der Waals surface area contributed by atoms with E-state index in [0.29, 0.717) is 22.7 Å². The Morgan fingerprint density at radius 2 is 1.79 bits per heavy atom. The Hall–Kier alpha value is -1.93. The van der Waals surface area contributed by atoms with Crippen molar-refractivity contribution in [1.29, 1.82) is 0 Å². The molecule has 0 heterocycles. The van der Waals surface area contributed by atoms with Gasteiger partial charge >= 0.3 is 0 Å². The maximum Gasteiger partial charge on any atom is 0.252 e. The molecule has 156 valence electrons. The molecule has 0 spiro atoms. The van der Waals surface area contributed by atoms with Gasteiger partial charge in [-0.15, -0.1) is 0 Å². The predicted octanol–water partition coefficient (Wildman–Crippen LogP) is 4.42. The number of hydrogen-bond acceptors (Lipinski definition) is 4. The van der Waals surface area contributed by atoms with Crippen molar-refractivity contribution in [1.82, 2.24) is 10.6 Å².